The number of likely N-dealkylation sites (tertiary alicyclic amines) is 1. The van der Waals surface area contributed by atoms with Gasteiger partial charge >= 0.3 is 12.0 Å². The average Bonchev–Trinajstić information content (AvgIpc) is 3.03. The van der Waals surface area contributed by atoms with E-state index in [0.717, 1.165) is 13.0 Å². The molecule has 2 atom stereocenters. The lowest BCUT2D eigenvalue weighted by Crippen LogP contribution is -2.47. The molecule has 2 aliphatic heterocycles. The number of carbonyl (C=O) groups excluding carboxylic acids is 1. The molecule has 2 unspecified atom stereocenters. The first-order chi connectivity index (χ1) is 9.58. The van der Waals surface area contributed by atoms with E-state index >= 15 is 0 Å². The molecule has 5 nitrogen and oxygen atoms in total. The predicted octanol–water partition coefficient (Wildman–Crippen LogP) is 2.02. The van der Waals surface area contributed by atoms with Crippen molar-refractivity contribution in [3.8, 4) is 0 Å². The molecule has 20 heavy (non-hydrogen) atoms. The van der Waals surface area contributed by atoms with E-state index in [2.05, 4.69) is 11.4 Å². The summed E-state index contributed by atoms with van der Waals surface area (Å²) in [5.74, 6) is -1.23. The van der Waals surface area contributed by atoms with E-state index in [9.17, 15) is 9.59 Å². The number of hydrogen-bond donors (Lipinski definition) is 1. The van der Waals surface area contributed by atoms with Gasteiger partial charge in [0.2, 0.25) is 0 Å². The number of hydrogen-bond acceptors (Lipinski definition) is 3. The standard InChI is InChI=1S/C14H18N2O3S/c1-9-11(13(17)18)2-6-16(9)14(19)15-5-3-12-10(8-15)4-7-20-12/h4,7,9,11H,2-3,5-6,8H2,1H3,(H,17,18). The Morgan fingerprint density at radius 1 is 1.40 bits per heavy atom. The number of fused-ring (bicyclic) bond motifs is 1. The Morgan fingerprint density at radius 3 is 2.90 bits per heavy atom. The van der Waals surface area contributed by atoms with E-state index < -0.39 is 11.9 Å². The van der Waals surface area contributed by atoms with Gasteiger partial charge in [0, 0.05) is 30.6 Å². The maximum atomic E-state index is 12.6. The molecule has 3 heterocycles. The van der Waals surface area contributed by atoms with E-state index in [1.165, 1.54) is 10.4 Å². The van der Waals surface area contributed by atoms with Gasteiger partial charge in [-0.15, -0.1) is 11.3 Å². The monoisotopic (exact) mass is 294 g/mol. The van der Waals surface area contributed by atoms with Crippen molar-refractivity contribution in [2.45, 2.75) is 32.4 Å². The third-order valence-electron chi connectivity index (χ3n) is 4.40. The van der Waals surface area contributed by atoms with E-state index in [1.807, 2.05) is 11.8 Å². The maximum absolute atomic E-state index is 12.6. The van der Waals surface area contributed by atoms with Crippen molar-refractivity contribution in [2.75, 3.05) is 13.1 Å². The summed E-state index contributed by atoms with van der Waals surface area (Å²) in [6.07, 6.45) is 1.46. The minimum Gasteiger partial charge on any atom is -0.481 e. The van der Waals surface area contributed by atoms with Crippen LogP contribution in [0.2, 0.25) is 0 Å². The molecule has 2 aliphatic rings. The van der Waals surface area contributed by atoms with Crippen LogP contribution in [-0.4, -0.2) is 46.0 Å². The topological polar surface area (TPSA) is 60.9 Å². The highest BCUT2D eigenvalue weighted by atomic mass is 32.1. The summed E-state index contributed by atoms with van der Waals surface area (Å²) in [7, 11) is 0. The predicted molar refractivity (Wildman–Crippen MR) is 75.7 cm³/mol. The fourth-order valence-electron chi connectivity index (χ4n) is 3.13. The van der Waals surface area contributed by atoms with Crippen LogP contribution < -0.4 is 0 Å². The molecular formula is C14H18N2O3S. The van der Waals surface area contributed by atoms with Gasteiger partial charge in [-0.05, 0) is 36.8 Å². The summed E-state index contributed by atoms with van der Waals surface area (Å²) in [5, 5.41) is 11.2. The van der Waals surface area contributed by atoms with Crippen LogP contribution in [-0.2, 0) is 17.8 Å². The number of amides is 2. The van der Waals surface area contributed by atoms with E-state index in [4.69, 9.17) is 5.11 Å². The lowest BCUT2D eigenvalue weighted by Gasteiger charge is -2.33. The van der Waals surface area contributed by atoms with Crippen molar-refractivity contribution in [1.29, 1.82) is 0 Å². The quantitative estimate of drug-likeness (QED) is 0.862. The van der Waals surface area contributed by atoms with Crippen molar-refractivity contribution in [1.82, 2.24) is 9.80 Å². The normalized spacial score (nSPS) is 25.6. The molecule has 1 saturated heterocycles. The number of carbonyl (C=O) groups is 2. The van der Waals surface area contributed by atoms with Crippen molar-refractivity contribution < 1.29 is 14.7 Å². The second kappa shape index (κ2) is 5.09. The Labute approximate surface area is 121 Å². The van der Waals surface area contributed by atoms with Gasteiger partial charge < -0.3 is 14.9 Å². The molecule has 108 valence electrons. The molecule has 0 radical (unpaired) electrons. The summed E-state index contributed by atoms with van der Waals surface area (Å²) in [6, 6.07) is 1.84. The van der Waals surface area contributed by atoms with Gasteiger partial charge in [-0.1, -0.05) is 0 Å². The van der Waals surface area contributed by atoms with Gasteiger partial charge in [0.05, 0.1) is 5.92 Å². The Bertz CT molecular complexity index is 542. The first kappa shape index (κ1) is 13.4. The first-order valence-electron chi connectivity index (χ1n) is 6.91. The van der Waals surface area contributed by atoms with Crippen molar-refractivity contribution in [3.05, 3.63) is 21.9 Å². The molecule has 3 rings (SSSR count). The molecule has 2 amide bonds. The van der Waals surface area contributed by atoms with Crippen LogP contribution in [0.4, 0.5) is 4.79 Å². The highest BCUT2D eigenvalue weighted by Crippen LogP contribution is 2.29. The lowest BCUT2D eigenvalue weighted by atomic mass is 10.0. The number of rotatable bonds is 1. The molecule has 1 aromatic rings. The lowest BCUT2D eigenvalue weighted by molar-refractivity contribution is -0.142. The van der Waals surface area contributed by atoms with Gasteiger partial charge in [-0.2, -0.15) is 0 Å². The molecule has 0 saturated carbocycles. The van der Waals surface area contributed by atoms with Crippen LogP contribution in [0.3, 0.4) is 0 Å². The zero-order chi connectivity index (χ0) is 14.3. The molecule has 6 heteroatoms. The summed E-state index contributed by atoms with van der Waals surface area (Å²) >= 11 is 1.75. The zero-order valence-electron chi connectivity index (χ0n) is 11.4. The third-order valence-corrected chi connectivity index (χ3v) is 5.42. The second-order valence-corrected chi connectivity index (χ2v) is 6.49. The fraction of sp³-hybridized carbons (Fsp3) is 0.571. The van der Waals surface area contributed by atoms with E-state index in [0.29, 0.717) is 19.5 Å². The minimum absolute atomic E-state index is 0.0156. The molecule has 0 spiro atoms. The first-order valence-corrected chi connectivity index (χ1v) is 7.79. The van der Waals surface area contributed by atoms with E-state index in [1.54, 1.807) is 16.2 Å². The SMILES string of the molecule is CC1C(C(=O)O)CCN1C(=O)N1CCc2sccc2C1. The van der Waals surface area contributed by atoms with E-state index in [-0.39, 0.29) is 12.1 Å². The fourth-order valence-corrected chi connectivity index (χ4v) is 4.02. The molecule has 1 fully saturated rings. The summed E-state index contributed by atoms with van der Waals surface area (Å²) < 4.78 is 0. The third kappa shape index (κ3) is 2.18. The molecule has 0 aromatic carbocycles. The van der Waals surface area contributed by atoms with Crippen LogP contribution in [0.25, 0.3) is 0 Å². The Balaban J connectivity index is 1.70. The number of aliphatic carboxylic acids is 1. The van der Waals surface area contributed by atoms with Gasteiger partial charge in [0.1, 0.15) is 0 Å². The smallest absolute Gasteiger partial charge is 0.320 e. The molecule has 0 bridgehead atoms. The summed E-state index contributed by atoms with van der Waals surface area (Å²) in [5.41, 5.74) is 1.23. The van der Waals surface area contributed by atoms with Crippen molar-refractivity contribution in [3.63, 3.8) is 0 Å². The van der Waals surface area contributed by atoms with Crippen LogP contribution in [0.1, 0.15) is 23.8 Å². The highest BCUT2D eigenvalue weighted by molar-refractivity contribution is 7.10. The van der Waals surface area contributed by atoms with Crippen molar-refractivity contribution in [2.24, 2.45) is 5.92 Å². The van der Waals surface area contributed by atoms with Gasteiger partial charge in [-0.3, -0.25) is 4.79 Å². The van der Waals surface area contributed by atoms with Crippen LogP contribution in [0.5, 0.6) is 0 Å². The van der Waals surface area contributed by atoms with Crippen molar-refractivity contribution >= 4 is 23.3 Å². The molecule has 1 aromatic heterocycles. The Hall–Kier alpha value is -1.56. The van der Waals surface area contributed by atoms with Crippen LogP contribution >= 0.6 is 11.3 Å². The van der Waals surface area contributed by atoms with Gasteiger partial charge in [0.15, 0.2) is 0 Å². The number of carboxylic acids is 1. The summed E-state index contributed by atoms with van der Waals surface area (Å²) in [4.78, 5) is 28.6. The number of nitrogens with zero attached hydrogens (tertiary/aromatic N) is 2. The average molecular weight is 294 g/mol. The Kier molecular flexibility index (Phi) is 3.41. The highest BCUT2D eigenvalue weighted by Gasteiger charge is 2.40. The molecule has 0 aliphatic carbocycles. The Morgan fingerprint density at radius 2 is 2.20 bits per heavy atom. The molecule has 1 N–H and O–H groups in total. The molecular weight excluding hydrogens is 276 g/mol. The minimum atomic E-state index is -0.799. The summed E-state index contributed by atoms with van der Waals surface area (Å²) in [6.45, 7) is 3.76. The van der Waals surface area contributed by atoms with Crippen LogP contribution in [0.15, 0.2) is 11.4 Å². The van der Waals surface area contributed by atoms with Gasteiger partial charge in [0.25, 0.3) is 0 Å². The van der Waals surface area contributed by atoms with Gasteiger partial charge in [-0.25, -0.2) is 4.79 Å². The van der Waals surface area contributed by atoms with Crippen LogP contribution in [0, 0.1) is 5.92 Å². The number of urea groups is 1. The number of thiophene rings is 1. The zero-order valence-corrected chi connectivity index (χ0v) is 12.2. The largest absolute Gasteiger partial charge is 0.481 e. The second-order valence-electron chi connectivity index (χ2n) is 5.49. The number of carboxylic acid groups (broad SMARTS) is 1. The maximum Gasteiger partial charge on any atom is 0.320 e.